The van der Waals surface area contributed by atoms with Gasteiger partial charge in [0.1, 0.15) is 5.82 Å². The Morgan fingerprint density at radius 3 is 2.37 bits per heavy atom. The fourth-order valence-corrected chi connectivity index (χ4v) is 3.04. The van der Waals surface area contributed by atoms with E-state index in [0.717, 1.165) is 12.8 Å². The van der Waals surface area contributed by atoms with Gasteiger partial charge in [-0.15, -0.1) is 0 Å². The second-order valence-corrected chi connectivity index (χ2v) is 5.45. The maximum Gasteiger partial charge on any atom is 0.123 e. The summed E-state index contributed by atoms with van der Waals surface area (Å²) < 4.78 is 13.3. The molecule has 0 amide bonds. The standard InChI is InChI=1S/C16H14ClFO/c17-15-6-5-13(18)9-14(15)16(19)12-7-10-3-1-2-4-11(10)8-12/h1-6,9,12,16,19H,7-8H2. The molecule has 2 aromatic rings. The molecular formula is C16H14ClFO. The minimum Gasteiger partial charge on any atom is -0.388 e. The minimum atomic E-state index is -0.726. The van der Waals surface area contributed by atoms with E-state index in [1.165, 1.54) is 29.3 Å². The molecular weight excluding hydrogens is 263 g/mol. The number of rotatable bonds is 2. The van der Waals surface area contributed by atoms with Gasteiger partial charge in [0, 0.05) is 10.6 Å². The van der Waals surface area contributed by atoms with Crippen molar-refractivity contribution in [3.63, 3.8) is 0 Å². The van der Waals surface area contributed by atoms with E-state index in [4.69, 9.17) is 11.6 Å². The van der Waals surface area contributed by atoms with Crippen LogP contribution in [-0.4, -0.2) is 5.11 Å². The molecule has 0 heterocycles. The summed E-state index contributed by atoms with van der Waals surface area (Å²) >= 11 is 6.05. The smallest absolute Gasteiger partial charge is 0.123 e. The average molecular weight is 277 g/mol. The zero-order chi connectivity index (χ0) is 13.4. The van der Waals surface area contributed by atoms with Crippen molar-refractivity contribution >= 4 is 11.6 Å². The fraction of sp³-hybridized carbons (Fsp3) is 0.250. The van der Waals surface area contributed by atoms with Crippen LogP contribution >= 0.6 is 11.6 Å². The Morgan fingerprint density at radius 2 is 1.74 bits per heavy atom. The molecule has 98 valence electrons. The molecule has 1 nitrogen and oxygen atoms in total. The second-order valence-electron chi connectivity index (χ2n) is 5.05. The molecule has 19 heavy (non-hydrogen) atoms. The van der Waals surface area contributed by atoms with Crippen molar-refractivity contribution in [3.05, 3.63) is 70.0 Å². The quantitative estimate of drug-likeness (QED) is 0.881. The van der Waals surface area contributed by atoms with Crippen LogP contribution in [0.25, 0.3) is 0 Å². The molecule has 1 aliphatic carbocycles. The molecule has 0 aliphatic heterocycles. The SMILES string of the molecule is OC(c1cc(F)ccc1Cl)C1Cc2ccccc2C1. The highest BCUT2D eigenvalue weighted by Crippen LogP contribution is 2.37. The van der Waals surface area contributed by atoms with E-state index in [1.807, 2.05) is 12.1 Å². The molecule has 3 rings (SSSR count). The average Bonchev–Trinajstić information content (AvgIpc) is 2.84. The molecule has 0 spiro atoms. The van der Waals surface area contributed by atoms with E-state index in [2.05, 4.69) is 12.1 Å². The van der Waals surface area contributed by atoms with Crippen LogP contribution in [0.15, 0.2) is 42.5 Å². The molecule has 1 unspecified atom stereocenters. The van der Waals surface area contributed by atoms with Gasteiger partial charge in [0.05, 0.1) is 6.10 Å². The Bertz CT molecular complexity index is 586. The summed E-state index contributed by atoms with van der Waals surface area (Å²) in [5.41, 5.74) is 3.01. The van der Waals surface area contributed by atoms with Gasteiger partial charge < -0.3 is 5.11 Å². The van der Waals surface area contributed by atoms with Gasteiger partial charge in [0.2, 0.25) is 0 Å². The third kappa shape index (κ3) is 2.38. The third-order valence-corrected chi connectivity index (χ3v) is 4.15. The molecule has 0 saturated carbocycles. The molecule has 1 aliphatic rings. The highest BCUT2D eigenvalue weighted by molar-refractivity contribution is 6.31. The molecule has 1 N–H and O–H groups in total. The summed E-state index contributed by atoms with van der Waals surface area (Å²) in [6.07, 6.45) is 0.893. The lowest BCUT2D eigenvalue weighted by Crippen LogP contribution is -2.13. The van der Waals surface area contributed by atoms with Crippen LogP contribution in [0, 0.1) is 11.7 Å². The highest BCUT2D eigenvalue weighted by atomic mass is 35.5. The van der Waals surface area contributed by atoms with Crippen molar-refractivity contribution in [2.24, 2.45) is 5.92 Å². The second kappa shape index (κ2) is 4.95. The van der Waals surface area contributed by atoms with Crippen molar-refractivity contribution in [2.45, 2.75) is 18.9 Å². The number of hydrogen-bond donors (Lipinski definition) is 1. The van der Waals surface area contributed by atoms with Crippen molar-refractivity contribution in [3.8, 4) is 0 Å². The first-order valence-electron chi connectivity index (χ1n) is 6.35. The van der Waals surface area contributed by atoms with Gasteiger partial charge in [-0.1, -0.05) is 35.9 Å². The predicted octanol–water partition coefficient (Wildman–Crippen LogP) is 3.93. The number of aliphatic hydroxyl groups excluding tert-OH is 1. The Balaban J connectivity index is 1.87. The highest BCUT2D eigenvalue weighted by Gasteiger charge is 2.29. The van der Waals surface area contributed by atoms with E-state index in [-0.39, 0.29) is 11.7 Å². The maximum absolute atomic E-state index is 13.3. The molecule has 0 saturated heterocycles. The minimum absolute atomic E-state index is 0.0664. The lowest BCUT2D eigenvalue weighted by molar-refractivity contribution is 0.113. The molecule has 1 atom stereocenters. The van der Waals surface area contributed by atoms with Gasteiger partial charge in [0.25, 0.3) is 0 Å². The molecule has 0 fully saturated rings. The number of aliphatic hydroxyl groups is 1. The summed E-state index contributed by atoms with van der Waals surface area (Å²) in [6, 6.07) is 12.3. The zero-order valence-corrected chi connectivity index (χ0v) is 11.1. The topological polar surface area (TPSA) is 20.2 Å². The van der Waals surface area contributed by atoms with E-state index in [0.29, 0.717) is 10.6 Å². The van der Waals surface area contributed by atoms with Gasteiger partial charge >= 0.3 is 0 Å². The number of benzene rings is 2. The van der Waals surface area contributed by atoms with Crippen LogP contribution in [0.5, 0.6) is 0 Å². The van der Waals surface area contributed by atoms with Crippen LogP contribution in [-0.2, 0) is 12.8 Å². The predicted molar refractivity (Wildman–Crippen MR) is 73.7 cm³/mol. The Hall–Kier alpha value is -1.38. The molecule has 0 bridgehead atoms. The largest absolute Gasteiger partial charge is 0.388 e. The monoisotopic (exact) mass is 276 g/mol. The lowest BCUT2D eigenvalue weighted by atomic mass is 9.93. The number of fused-ring (bicyclic) bond motifs is 1. The molecule has 0 aromatic heterocycles. The van der Waals surface area contributed by atoms with Crippen molar-refractivity contribution in [2.75, 3.05) is 0 Å². The van der Waals surface area contributed by atoms with Crippen LogP contribution in [0.3, 0.4) is 0 Å². The summed E-state index contributed by atoms with van der Waals surface area (Å²) in [5, 5.41) is 10.9. The lowest BCUT2D eigenvalue weighted by Gasteiger charge is -2.19. The van der Waals surface area contributed by atoms with Gasteiger partial charge in [-0.3, -0.25) is 0 Å². The fourth-order valence-electron chi connectivity index (χ4n) is 2.81. The summed E-state index contributed by atoms with van der Waals surface area (Å²) in [4.78, 5) is 0. The van der Waals surface area contributed by atoms with Crippen LogP contribution in [0.1, 0.15) is 22.8 Å². The van der Waals surface area contributed by atoms with Crippen molar-refractivity contribution < 1.29 is 9.50 Å². The van der Waals surface area contributed by atoms with Crippen molar-refractivity contribution in [1.29, 1.82) is 0 Å². The first kappa shape index (κ1) is 12.6. The first-order chi connectivity index (χ1) is 9.15. The number of halogens is 2. The normalized spacial score (nSPS) is 16.4. The van der Waals surface area contributed by atoms with Gasteiger partial charge in [-0.25, -0.2) is 4.39 Å². The summed E-state index contributed by atoms with van der Waals surface area (Å²) in [5.74, 6) is -0.300. The van der Waals surface area contributed by atoms with Crippen LogP contribution in [0.4, 0.5) is 4.39 Å². The van der Waals surface area contributed by atoms with Crippen molar-refractivity contribution in [1.82, 2.24) is 0 Å². The number of hydrogen-bond acceptors (Lipinski definition) is 1. The van der Waals surface area contributed by atoms with Crippen LogP contribution < -0.4 is 0 Å². The first-order valence-corrected chi connectivity index (χ1v) is 6.73. The Labute approximate surface area is 116 Å². The Kier molecular flexibility index (Phi) is 3.29. The molecule has 3 heteroatoms. The zero-order valence-electron chi connectivity index (χ0n) is 10.3. The summed E-state index contributed by atoms with van der Waals surface area (Å²) in [7, 11) is 0. The van der Waals surface area contributed by atoms with Crippen LogP contribution in [0.2, 0.25) is 5.02 Å². The Morgan fingerprint density at radius 1 is 1.11 bits per heavy atom. The van der Waals surface area contributed by atoms with Gasteiger partial charge in [0.15, 0.2) is 0 Å². The van der Waals surface area contributed by atoms with Gasteiger partial charge in [-0.05, 0) is 48.1 Å². The molecule has 0 radical (unpaired) electrons. The van der Waals surface area contributed by atoms with E-state index >= 15 is 0 Å². The van der Waals surface area contributed by atoms with E-state index in [9.17, 15) is 9.50 Å². The van der Waals surface area contributed by atoms with Gasteiger partial charge in [-0.2, -0.15) is 0 Å². The third-order valence-electron chi connectivity index (χ3n) is 3.81. The van der Waals surface area contributed by atoms with E-state index in [1.54, 1.807) is 0 Å². The molecule has 2 aromatic carbocycles. The van der Waals surface area contributed by atoms with E-state index < -0.39 is 6.10 Å². The maximum atomic E-state index is 13.3. The summed E-state index contributed by atoms with van der Waals surface area (Å²) in [6.45, 7) is 0.